The van der Waals surface area contributed by atoms with Crippen LogP contribution in [0.15, 0.2) is 48.7 Å². The number of hydrogen-bond acceptors (Lipinski definition) is 2. The second-order valence-electron chi connectivity index (χ2n) is 6.63. The van der Waals surface area contributed by atoms with Crippen molar-refractivity contribution < 1.29 is 0 Å². The van der Waals surface area contributed by atoms with E-state index in [9.17, 15) is 0 Å². The molecule has 108 valence electrons. The maximum atomic E-state index is 2.58. The van der Waals surface area contributed by atoms with Gasteiger partial charge in [-0.1, -0.05) is 37.3 Å². The van der Waals surface area contributed by atoms with Gasteiger partial charge < -0.3 is 4.90 Å². The fraction of sp³-hybridized carbons (Fsp3) is 0.368. The first-order valence-corrected chi connectivity index (χ1v) is 8.54. The zero-order valence-electron chi connectivity index (χ0n) is 12.8. The van der Waals surface area contributed by atoms with E-state index in [-0.39, 0.29) is 0 Å². The summed E-state index contributed by atoms with van der Waals surface area (Å²) in [5, 5.41) is 1.41. The number of nitrogens with zero attached hydrogens (tertiary/aromatic N) is 1. The molecule has 3 atom stereocenters. The van der Waals surface area contributed by atoms with E-state index in [1.165, 1.54) is 26.9 Å². The first kappa shape index (κ1) is 13.1. The molecule has 2 heterocycles. The molecule has 1 unspecified atom stereocenters. The van der Waals surface area contributed by atoms with E-state index in [0.717, 1.165) is 5.92 Å². The van der Waals surface area contributed by atoms with Crippen molar-refractivity contribution in [1.82, 2.24) is 4.90 Å². The van der Waals surface area contributed by atoms with Gasteiger partial charge in [0.2, 0.25) is 0 Å². The van der Waals surface area contributed by atoms with Crippen molar-refractivity contribution in [3.05, 3.63) is 59.1 Å². The number of rotatable bonds is 2. The molecule has 1 aromatic carbocycles. The van der Waals surface area contributed by atoms with Crippen LogP contribution in [0.4, 0.5) is 0 Å². The molecule has 1 fully saturated rings. The molecule has 0 N–H and O–H groups in total. The minimum atomic E-state index is 0.328. The summed E-state index contributed by atoms with van der Waals surface area (Å²) >= 11 is 1.95. The monoisotopic (exact) mass is 295 g/mol. The molecule has 2 heteroatoms. The first-order valence-electron chi connectivity index (χ1n) is 7.73. The molecular weight excluding hydrogens is 274 g/mol. The summed E-state index contributed by atoms with van der Waals surface area (Å²) in [4.78, 5) is 4.08. The quantitative estimate of drug-likeness (QED) is 0.713. The Kier molecular flexibility index (Phi) is 2.80. The lowest BCUT2D eigenvalue weighted by Gasteiger charge is -2.36. The molecule has 2 aromatic rings. The zero-order chi connectivity index (χ0) is 14.6. The lowest BCUT2D eigenvalue weighted by molar-refractivity contribution is 0.217. The summed E-state index contributed by atoms with van der Waals surface area (Å²) < 4.78 is 1.40. The van der Waals surface area contributed by atoms with Crippen LogP contribution in [-0.4, -0.2) is 10.4 Å². The maximum Gasteiger partial charge on any atom is 0.0825 e. The lowest BCUT2D eigenvalue weighted by atomic mass is 10.0. The van der Waals surface area contributed by atoms with Gasteiger partial charge in [0.1, 0.15) is 0 Å². The van der Waals surface area contributed by atoms with Crippen LogP contribution in [0.2, 0.25) is 0 Å². The van der Waals surface area contributed by atoms with E-state index in [0.29, 0.717) is 11.6 Å². The third kappa shape index (κ3) is 1.89. The third-order valence-corrected chi connectivity index (χ3v) is 6.65. The Labute approximate surface area is 130 Å². The van der Waals surface area contributed by atoms with Gasteiger partial charge in [-0.3, -0.25) is 0 Å². The highest BCUT2D eigenvalue weighted by Crippen LogP contribution is 2.53. The van der Waals surface area contributed by atoms with E-state index < -0.39 is 0 Å². The van der Waals surface area contributed by atoms with Gasteiger partial charge >= 0.3 is 0 Å². The molecule has 0 spiro atoms. The van der Waals surface area contributed by atoms with Crippen LogP contribution in [0, 0.1) is 12.8 Å². The first-order chi connectivity index (χ1) is 10.1. The van der Waals surface area contributed by atoms with E-state index >= 15 is 0 Å². The Morgan fingerprint density at radius 2 is 2.00 bits per heavy atom. The van der Waals surface area contributed by atoms with Gasteiger partial charge in [-0.05, 0) is 49.3 Å². The van der Waals surface area contributed by atoms with Crippen molar-refractivity contribution >= 4 is 21.4 Å². The SMILES string of the molecule is Cc1c(C2C=CC=CN2[C@@]2(C)C[C@H]2C)sc2ccccc12. The van der Waals surface area contributed by atoms with Crippen LogP contribution >= 0.6 is 11.3 Å². The summed E-state index contributed by atoms with van der Waals surface area (Å²) in [6.45, 7) is 7.04. The van der Waals surface area contributed by atoms with Crippen molar-refractivity contribution in [2.45, 2.75) is 38.8 Å². The summed E-state index contributed by atoms with van der Waals surface area (Å²) in [5.74, 6) is 0.783. The second kappa shape index (κ2) is 4.48. The fourth-order valence-electron chi connectivity index (χ4n) is 3.60. The Hall–Kier alpha value is -1.54. The molecule has 1 nitrogen and oxygen atoms in total. The van der Waals surface area contributed by atoms with Crippen LogP contribution in [0.1, 0.15) is 36.8 Å². The smallest absolute Gasteiger partial charge is 0.0825 e. The molecule has 2 aliphatic rings. The topological polar surface area (TPSA) is 3.24 Å². The number of hydrogen-bond donors (Lipinski definition) is 0. The van der Waals surface area contributed by atoms with E-state index in [1.807, 2.05) is 11.3 Å². The van der Waals surface area contributed by atoms with Crippen LogP contribution in [0.3, 0.4) is 0 Å². The van der Waals surface area contributed by atoms with E-state index in [1.54, 1.807) is 0 Å². The molecule has 21 heavy (non-hydrogen) atoms. The lowest BCUT2D eigenvalue weighted by Crippen LogP contribution is -2.35. The van der Waals surface area contributed by atoms with E-state index in [2.05, 4.69) is 74.4 Å². The molecule has 1 saturated carbocycles. The van der Waals surface area contributed by atoms with Gasteiger partial charge in [-0.15, -0.1) is 11.3 Å². The second-order valence-corrected chi connectivity index (χ2v) is 7.71. The number of allylic oxidation sites excluding steroid dienone is 2. The summed E-state index contributed by atoms with van der Waals surface area (Å²) in [5.41, 5.74) is 1.77. The van der Waals surface area contributed by atoms with Crippen molar-refractivity contribution in [3.8, 4) is 0 Å². The maximum absolute atomic E-state index is 2.58. The van der Waals surface area contributed by atoms with Crippen molar-refractivity contribution in [2.75, 3.05) is 0 Å². The van der Waals surface area contributed by atoms with Crippen molar-refractivity contribution in [2.24, 2.45) is 5.92 Å². The van der Waals surface area contributed by atoms with Crippen LogP contribution in [0.5, 0.6) is 0 Å². The highest BCUT2D eigenvalue weighted by molar-refractivity contribution is 7.19. The van der Waals surface area contributed by atoms with Crippen molar-refractivity contribution in [1.29, 1.82) is 0 Å². The molecule has 4 rings (SSSR count). The summed E-state index contributed by atoms with van der Waals surface area (Å²) in [6.07, 6.45) is 10.3. The molecule has 1 aliphatic heterocycles. The summed E-state index contributed by atoms with van der Waals surface area (Å²) in [7, 11) is 0. The Balaban J connectivity index is 1.81. The van der Waals surface area contributed by atoms with Crippen LogP contribution in [0.25, 0.3) is 10.1 Å². The van der Waals surface area contributed by atoms with Gasteiger partial charge in [-0.2, -0.15) is 0 Å². The minimum Gasteiger partial charge on any atom is -0.361 e. The Morgan fingerprint density at radius 1 is 1.24 bits per heavy atom. The average molecular weight is 295 g/mol. The van der Waals surface area contributed by atoms with E-state index in [4.69, 9.17) is 0 Å². The predicted octanol–water partition coefficient (Wildman–Crippen LogP) is 5.43. The van der Waals surface area contributed by atoms with Gasteiger partial charge in [0.25, 0.3) is 0 Å². The third-order valence-electron chi connectivity index (χ3n) is 5.31. The van der Waals surface area contributed by atoms with Gasteiger partial charge in [0.15, 0.2) is 0 Å². The molecule has 0 saturated heterocycles. The molecule has 1 aliphatic carbocycles. The minimum absolute atomic E-state index is 0.328. The van der Waals surface area contributed by atoms with Crippen LogP contribution in [-0.2, 0) is 0 Å². The van der Waals surface area contributed by atoms with Crippen LogP contribution < -0.4 is 0 Å². The number of fused-ring (bicyclic) bond motifs is 1. The predicted molar refractivity (Wildman–Crippen MR) is 91.6 cm³/mol. The number of aryl methyl sites for hydroxylation is 1. The highest BCUT2D eigenvalue weighted by Gasteiger charge is 2.52. The van der Waals surface area contributed by atoms with Crippen molar-refractivity contribution in [3.63, 3.8) is 0 Å². The van der Waals surface area contributed by atoms with Gasteiger partial charge in [0.05, 0.1) is 6.04 Å². The normalized spacial score (nSPS) is 31.1. The molecule has 1 aromatic heterocycles. The fourth-order valence-corrected chi connectivity index (χ4v) is 4.89. The largest absolute Gasteiger partial charge is 0.361 e. The number of benzene rings is 1. The molecule has 0 amide bonds. The standard InChI is InChI=1S/C19H21NS/c1-13-12-19(13,3)20-11-7-6-9-16(20)18-14(2)15-8-4-5-10-17(15)21-18/h4-11,13,16H,12H2,1-3H3/t13-,16?,19+/m1/s1. The highest BCUT2D eigenvalue weighted by atomic mass is 32.1. The zero-order valence-corrected chi connectivity index (χ0v) is 13.7. The van der Waals surface area contributed by atoms with Gasteiger partial charge in [0, 0.05) is 21.3 Å². The molecule has 0 bridgehead atoms. The summed E-state index contributed by atoms with van der Waals surface area (Å²) in [6, 6.07) is 9.16. The molecular formula is C19H21NS. The average Bonchev–Trinajstić information content (AvgIpc) is 2.98. The Morgan fingerprint density at radius 3 is 2.71 bits per heavy atom. The number of thiophene rings is 1. The van der Waals surface area contributed by atoms with Gasteiger partial charge in [-0.25, -0.2) is 0 Å². The Bertz CT molecular complexity index is 754. The molecule has 0 radical (unpaired) electrons.